The Morgan fingerprint density at radius 3 is 2.70 bits per heavy atom. The van der Waals surface area contributed by atoms with Gasteiger partial charge in [0.15, 0.2) is 0 Å². The predicted molar refractivity (Wildman–Crippen MR) is 82.5 cm³/mol. The minimum Gasteiger partial charge on any atom is -0.497 e. The summed E-state index contributed by atoms with van der Waals surface area (Å²) in [5.74, 6) is 1.33. The molecule has 5 nitrogen and oxygen atoms in total. The molecule has 2 rings (SSSR count). The molecule has 1 aromatic rings. The van der Waals surface area contributed by atoms with Crippen LogP contribution in [0.5, 0.6) is 5.75 Å². The van der Waals surface area contributed by atoms with Crippen LogP contribution in [0.4, 0.5) is 5.69 Å². The topological polar surface area (TPSA) is 67.6 Å². The van der Waals surface area contributed by atoms with Crippen LogP contribution in [0.25, 0.3) is 0 Å². The van der Waals surface area contributed by atoms with Gasteiger partial charge in [-0.25, -0.2) is 0 Å². The Labute approximate surface area is 125 Å². The van der Waals surface area contributed by atoms with E-state index < -0.39 is 0 Å². The van der Waals surface area contributed by atoms with Gasteiger partial charge in [-0.05, 0) is 49.7 Å². The largest absolute Gasteiger partial charge is 0.497 e. The van der Waals surface area contributed by atoms with E-state index in [0.29, 0.717) is 19.0 Å². The molecule has 0 bridgehead atoms. The minimum atomic E-state index is 0. The number of nitrogens with two attached hydrogens (primary N) is 1. The molecule has 3 N–H and O–H groups in total. The van der Waals surface area contributed by atoms with Crippen molar-refractivity contribution < 1.29 is 9.53 Å². The standard InChI is InChI=1S/C14H21N3O2.ClH/c1-19-13-4-2-12(3-5-13)16-14(18)10-17-7-6-11(8-15)9-17;/h2-5,11H,6-10,15H2,1H3,(H,16,18);1H. The molecule has 1 aliphatic rings. The Bertz CT molecular complexity index is 425. The zero-order valence-electron chi connectivity index (χ0n) is 11.7. The van der Waals surface area contributed by atoms with Gasteiger partial charge in [0.2, 0.25) is 5.91 Å². The number of amides is 1. The smallest absolute Gasteiger partial charge is 0.238 e. The number of nitrogens with one attached hydrogen (secondary N) is 1. The van der Waals surface area contributed by atoms with E-state index in [1.165, 1.54) is 0 Å². The first kappa shape index (κ1) is 16.8. The number of methoxy groups -OCH3 is 1. The van der Waals surface area contributed by atoms with Crippen molar-refractivity contribution in [2.24, 2.45) is 11.7 Å². The van der Waals surface area contributed by atoms with Crippen molar-refractivity contribution in [2.75, 3.05) is 38.6 Å². The van der Waals surface area contributed by atoms with E-state index >= 15 is 0 Å². The Balaban J connectivity index is 0.00000200. The summed E-state index contributed by atoms with van der Waals surface area (Å²) < 4.78 is 5.07. The summed E-state index contributed by atoms with van der Waals surface area (Å²) >= 11 is 0. The van der Waals surface area contributed by atoms with Crippen molar-refractivity contribution in [1.82, 2.24) is 4.90 Å². The summed E-state index contributed by atoms with van der Waals surface area (Å²) in [5, 5.41) is 2.89. The highest BCUT2D eigenvalue weighted by Crippen LogP contribution is 2.16. The molecule has 1 amide bonds. The number of halogens is 1. The number of carbonyl (C=O) groups is 1. The second kappa shape index (κ2) is 8.09. The molecule has 6 heteroatoms. The van der Waals surface area contributed by atoms with Crippen LogP contribution in [0.3, 0.4) is 0 Å². The van der Waals surface area contributed by atoms with Gasteiger partial charge in [0.25, 0.3) is 0 Å². The Kier molecular flexibility index (Phi) is 6.78. The van der Waals surface area contributed by atoms with E-state index in [4.69, 9.17) is 10.5 Å². The third-order valence-corrected chi connectivity index (χ3v) is 3.44. The molecular weight excluding hydrogens is 278 g/mol. The Hall–Kier alpha value is -1.30. The van der Waals surface area contributed by atoms with Gasteiger partial charge in [-0.2, -0.15) is 0 Å². The average molecular weight is 300 g/mol. The zero-order chi connectivity index (χ0) is 13.7. The van der Waals surface area contributed by atoms with Gasteiger partial charge >= 0.3 is 0 Å². The van der Waals surface area contributed by atoms with E-state index in [9.17, 15) is 4.79 Å². The zero-order valence-corrected chi connectivity index (χ0v) is 12.5. The number of ether oxygens (including phenoxy) is 1. The third kappa shape index (κ3) is 4.67. The number of benzene rings is 1. The second-order valence-corrected chi connectivity index (χ2v) is 4.90. The highest BCUT2D eigenvalue weighted by atomic mass is 35.5. The van der Waals surface area contributed by atoms with E-state index in [1.807, 2.05) is 24.3 Å². The van der Waals surface area contributed by atoms with Crippen LogP contribution >= 0.6 is 12.4 Å². The molecule has 0 aliphatic carbocycles. The number of carbonyl (C=O) groups excluding carboxylic acids is 1. The van der Waals surface area contributed by atoms with Crippen LogP contribution in [-0.4, -0.2) is 44.1 Å². The molecule has 0 saturated carbocycles. The molecule has 0 spiro atoms. The maximum Gasteiger partial charge on any atom is 0.238 e. The molecule has 0 aromatic heterocycles. The van der Waals surface area contributed by atoms with Gasteiger partial charge in [0.1, 0.15) is 5.75 Å². The first-order valence-electron chi connectivity index (χ1n) is 6.57. The molecule has 1 saturated heterocycles. The van der Waals surface area contributed by atoms with Crippen molar-refractivity contribution in [1.29, 1.82) is 0 Å². The molecule has 1 unspecified atom stereocenters. The lowest BCUT2D eigenvalue weighted by Crippen LogP contribution is -2.32. The molecule has 1 fully saturated rings. The second-order valence-electron chi connectivity index (χ2n) is 4.90. The molecule has 1 aliphatic heterocycles. The van der Waals surface area contributed by atoms with E-state index in [2.05, 4.69) is 10.2 Å². The summed E-state index contributed by atoms with van der Waals surface area (Å²) in [5.41, 5.74) is 6.43. The van der Waals surface area contributed by atoms with Gasteiger partial charge in [0.05, 0.1) is 13.7 Å². The lowest BCUT2D eigenvalue weighted by atomic mass is 10.1. The van der Waals surface area contributed by atoms with Crippen LogP contribution in [0, 0.1) is 5.92 Å². The van der Waals surface area contributed by atoms with Crippen molar-refractivity contribution in [2.45, 2.75) is 6.42 Å². The highest BCUT2D eigenvalue weighted by Gasteiger charge is 2.22. The predicted octanol–water partition coefficient (Wildman–Crippen LogP) is 1.34. The molecular formula is C14H22ClN3O2. The van der Waals surface area contributed by atoms with Gasteiger partial charge in [-0.3, -0.25) is 9.69 Å². The lowest BCUT2D eigenvalue weighted by molar-refractivity contribution is -0.117. The number of likely N-dealkylation sites (tertiary alicyclic amines) is 1. The fraction of sp³-hybridized carbons (Fsp3) is 0.500. The fourth-order valence-electron chi connectivity index (χ4n) is 2.33. The maximum absolute atomic E-state index is 11.9. The van der Waals surface area contributed by atoms with Crippen molar-refractivity contribution in [3.05, 3.63) is 24.3 Å². The van der Waals surface area contributed by atoms with Gasteiger partial charge in [0, 0.05) is 12.2 Å². The number of hydrogen-bond acceptors (Lipinski definition) is 4. The third-order valence-electron chi connectivity index (χ3n) is 3.44. The summed E-state index contributed by atoms with van der Waals surface area (Å²) in [6.45, 7) is 3.02. The maximum atomic E-state index is 11.9. The minimum absolute atomic E-state index is 0. The summed E-state index contributed by atoms with van der Waals surface area (Å²) in [7, 11) is 1.62. The van der Waals surface area contributed by atoms with Crippen molar-refractivity contribution >= 4 is 24.0 Å². The highest BCUT2D eigenvalue weighted by molar-refractivity contribution is 5.92. The van der Waals surface area contributed by atoms with Crippen LogP contribution in [0.2, 0.25) is 0 Å². The first-order chi connectivity index (χ1) is 9.21. The molecule has 1 atom stereocenters. The molecule has 112 valence electrons. The molecule has 1 aromatic carbocycles. The quantitative estimate of drug-likeness (QED) is 0.861. The number of nitrogens with zero attached hydrogens (tertiary/aromatic N) is 1. The van der Waals surface area contributed by atoms with Crippen LogP contribution < -0.4 is 15.8 Å². The fourth-order valence-corrected chi connectivity index (χ4v) is 2.33. The van der Waals surface area contributed by atoms with Gasteiger partial charge in [-0.15, -0.1) is 12.4 Å². The van der Waals surface area contributed by atoms with E-state index in [-0.39, 0.29) is 18.3 Å². The van der Waals surface area contributed by atoms with E-state index in [1.54, 1.807) is 7.11 Å². The van der Waals surface area contributed by atoms with Crippen molar-refractivity contribution in [3.8, 4) is 5.75 Å². The monoisotopic (exact) mass is 299 g/mol. The first-order valence-corrected chi connectivity index (χ1v) is 6.57. The van der Waals surface area contributed by atoms with Crippen LogP contribution in [-0.2, 0) is 4.79 Å². The van der Waals surface area contributed by atoms with Crippen LogP contribution in [0.1, 0.15) is 6.42 Å². The molecule has 1 heterocycles. The number of anilines is 1. The molecule has 0 radical (unpaired) electrons. The van der Waals surface area contributed by atoms with Gasteiger partial charge in [-0.1, -0.05) is 0 Å². The Morgan fingerprint density at radius 1 is 1.45 bits per heavy atom. The Morgan fingerprint density at radius 2 is 2.15 bits per heavy atom. The average Bonchev–Trinajstić information content (AvgIpc) is 2.87. The van der Waals surface area contributed by atoms with Crippen LogP contribution in [0.15, 0.2) is 24.3 Å². The number of rotatable bonds is 5. The van der Waals surface area contributed by atoms with Crippen molar-refractivity contribution in [3.63, 3.8) is 0 Å². The summed E-state index contributed by atoms with van der Waals surface area (Å²) in [6, 6.07) is 7.33. The summed E-state index contributed by atoms with van der Waals surface area (Å²) in [6.07, 6.45) is 1.09. The number of hydrogen-bond donors (Lipinski definition) is 2. The van der Waals surface area contributed by atoms with Gasteiger partial charge < -0.3 is 15.8 Å². The molecule has 20 heavy (non-hydrogen) atoms. The van der Waals surface area contributed by atoms with E-state index in [0.717, 1.165) is 30.9 Å². The summed E-state index contributed by atoms with van der Waals surface area (Å²) in [4.78, 5) is 14.1. The lowest BCUT2D eigenvalue weighted by Gasteiger charge is -2.15. The SMILES string of the molecule is COc1ccc(NC(=O)CN2CCC(CN)C2)cc1.Cl. The normalized spacial score (nSPS) is 18.4.